The highest BCUT2D eigenvalue weighted by Crippen LogP contribution is 2.58. The molecule has 0 aliphatic heterocycles. The molecule has 0 saturated carbocycles. The summed E-state index contributed by atoms with van der Waals surface area (Å²) in [6.45, 7) is 3.80. The highest BCUT2D eigenvalue weighted by Gasteiger charge is 2.40. The van der Waals surface area contributed by atoms with Gasteiger partial charge in [0.2, 0.25) is 0 Å². The molecule has 0 fully saturated rings. The lowest BCUT2D eigenvalue weighted by molar-refractivity contribution is 0.0973. The molecule has 0 bridgehead atoms. The van der Waals surface area contributed by atoms with Gasteiger partial charge in [-0.3, -0.25) is 18.5 Å². The van der Waals surface area contributed by atoms with E-state index in [-0.39, 0.29) is 25.4 Å². The summed E-state index contributed by atoms with van der Waals surface area (Å²) in [5.74, 6) is 0.483. The Balaban J connectivity index is 2.16. The van der Waals surface area contributed by atoms with E-state index < -0.39 is 13.8 Å². The molecule has 186 valence electrons. The van der Waals surface area contributed by atoms with Gasteiger partial charge in [0.1, 0.15) is 5.75 Å². The predicted molar refractivity (Wildman–Crippen MR) is 141 cm³/mol. The van der Waals surface area contributed by atoms with Crippen molar-refractivity contribution in [2.45, 2.75) is 26.3 Å². The lowest BCUT2D eigenvalue weighted by Crippen LogP contribution is -2.30. The standard InChI is InChI=1S/C26H28Cl2NO5P/c1-4-33-35(31,34-5-2)29(23-14-16-24(32-3)17-15-23)25(19-6-10-21(27)11-7-19)18-26(30)20-8-12-22(28)13-9-20/h6-17,25H,4-5,18H2,1-3H3. The Bertz CT molecular complexity index is 1140. The number of hydrogen-bond acceptors (Lipinski definition) is 5. The molecule has 6 nitrogen and oxygen atoms in total. The lowest BCUT2D eigenvalue weighted by atomic mass is 9.97. The van der Waals surface area contributed by atoms with E-state index in [4.69, 9.17) is 37.0 Å². The van der Waals surface area contributed by atoms with Crippen LogP contribution >= 0.6 is 30.9 Å². The minimum atomic E-state index is -3.88. The van der Waals surface area contributed by atoms with E-state index in [1.54, 1.807) is 98.4 Å². The van der Waals surface area contributed by atoms with E-state index >= 15 is 0 Å². The fraction of sp³-hybridized carbons (Fsp3) is 0.269. The Kier molecular flexibility index (Phi) is 9.79. The van der Waals surface area contributed by atoms with Crippen LogP contribution in [0.3, 0.4) is 0 Å². The first-order chi connectivity index (χ1) is 16.8. The summed E-state index contributed by atoms with van der Waals surface area (Å²) in [6.07, 6.45) is -0.000563. The van der Waals surface area contributed by atoms with Gasteiger partial charge < -0.3 is 4.74 Å². The van der Waals surface area contributed by atoms with Gasteiger partial charge >= 0.3 is 7.75 Å². The zero-order valence-electron chi connectivity index (χ0n) is 19.8. The number of carbonyl (C=O) groups is 1. The van der Waals surface area contributed by atoms with Crippen LogP contribution in [0, 0.1) is 0 Å². The Labute approximate surface area is 216 Å². The van der Waals surface area contributed by atoms with Gasteiger partial charge in [-0.15, -0.1) is 0 Å². The van der Waals surface area contributed by atoms with Crippen molar-refractivity contribution in [2.24, 2.45) is 0 Å². The van der Waals surface area contributed by atoms with E-state index in [0.717, 1.165) is 5.56 Å². The monoisotopic (exact) mass is 535 g/mol. The van der Waals surface area contributed by atoms with Gasteiger partial charge in [0, 0.05) is 27.7 Å². The van der Waals surface area contributed by atoms with Crippen molar-refractivity contribution >= 4 is 42.4 Å². The number of benzene rings is 3. The smallest absolute Gasteiger partial charge is 0.435 e. The lowest BCUT2D eigenvalue weighted by Gasteiger charge is -2.38. The number of halogens is 2. The van der Waals surface area contributed by atoms with Gasteiger partial charge in [0.15, 0.2) is 5.78 Å². The van der Waals surface area contributed by atoms with Crippen LogP contribution < -0.4 is 9.41 Å². The Morgan fingerprint density at radius 2 is 1.37 bits per heavy atom. The minimum Gasteiger partial charge on any atom is -0.497 e. The van der Waals surface area contributed by atoms with Crippen LogP contribution in [-0.2, 0) is 13.6 Å². The topological polar surface area (TPSA) is 65.1 Å². The van der Waals surface area contributed by atoms with Crippen LogP contribution in [0.4, 0.5) is 5.69 Å². The minimum absolute atomic E-state index is 0.000563. The molecular weight excluding hydrogens is 508 g/mol. The van der Waals surface area contributed by atoms with E-state index in [1.165, 1.54) is 0 Å². The Morgan fingerprint density at radius 1 is 0.857 bits per heavy atom. The Hall–Kier alpha value is -2.34. The summed E-state index contributed by atoms with van der Waals surface area (Å²) in [5, 5.41) is 1.08. The molecule has 0 aromatic heterocycles. The average Bonchev–Trinajstić information content (AvgIpc) is 2.85. The number of nitrogens with zero attached hydrogens (tertiary/aromatic N) is 1. The van der Waals surface area contributed by atoms with Crippen molar-refractivity contribution in [2.75, 3.05) is 25.0 Å². The molecule has 0 amide bonds. The third-order valence-electron chi connectivity index (χ3n) is 5.28. The van der Waals surface area contributed by atoms with Gasteiger partial charge in [0.05, 0.1) is 26.4 Å². The molecule has 3 aromatic rings. The Morgan fingerprint density at radius 3 is 1.86 bits per heavy atom. The molecule has 0 spiro atoms. The molecule has 0 N–H and O–H groups in total. The zero-order chi connectivity index (χ0) is 25.4. The largest absolute Gasteiger partial charge is 0.497 e. The molecule has 1 atom stereocenters. The first-order valence-electron chi connectivity index (χ1n) is 11.2. The summed E-state index contributed by atoms with van der Waals surface area (Å²) < 4.78 is 32.6. The number of ether oxygens (including phenoxy) is 1. The van der Waals surface area contributed by atoms with E-state index in [0.29, 0.717) is 27.0 Å². The summed E-state index contributed by atoms with van der Waals surface area (Å²) >= 11 is 12.1. The third kappa shape index (κ3) is 6.87. The maximum absolute atomic E-state index is 14.2. The molecular formula is C26H28Cl2NO5P. The van der Waals surface area contributed by atoms with Gasteiger partial charge in [-0.05, 0) is 80.1 Å². The molecule has 0 saturated heterocycles. The quantitative estimate of drug-likeness (QED) is 0.173. The molecule has 0 heterocycles. The van der Waals surface area contributed by atoms with E-state index in [2.05, 4.69) is 0 Å². The maximum atomic E-state index is 14.2. The molecule has 3 rings (SSSR count). The summed E-state index contributed by atoms with van der Waals surface area (Å²) in [6, 6.07) is 20.1. The number of carbonyl (C=O) groups excluding carboxylic acids is 1. The second kappa shape index (κ2) is 12.6. The van der Waals surface area contributed by atoms with Crippen LogP contribution in [-0.4, -0.2) is 26.1 Å². The number of hydrogen-bond donors (Lipinski definition) is 0. The van der Waals surface area contributed by atoms with Crippen molar-refractivity contribution in [3.63, 3.8) is 0 Å². The van der Waals surface area contributed by atoms with Crippen molar-refractivity contribution in [3.05, 3.63) is 94.0 Å². The van der Waals surface area contributed by atoms with Crippen LogP contribution in [0.1, 0.15) is 42.2 Å². The molecule has 35 heavy (non-hydrogen) atoms. The van der Waals surface area contributed by atoms with Crippen LogP contribution in [0.2, 0.25) is 10.0 Å². The number of rotatable bonds is 12. The number of ketones is 1. The molecule has 3 aromatic carbocycles. The number of methoxy groups -OCH3 is 1. The van der Waals surface area contributed by atoms with Crippen LogP contribution in [0.25, 0.3) is 0 Å². The molecule has 9 heteroatoms. The highest BCUT2D eigenvalue weighted by molar-refractivity contribution is 7.55. The molecule has 0 radical (unpaired) electrons. The van der Waals surface area contributed by atoms with Gasteiger partial charge in [-0.25, -0.2) is 4.57 Å². The zero-order valence-corrected chi connectivity index (χ0v) is 22.2. The molecule has 1 unspecified atom stereocenters. The number of anilines is 1. The first-order valence-corrected chi connectivity index (χ1v) is 13.4. The number of Topliss-reactive ketones (excluding diaryl/α,β-unsaturated/α-hetero) is 1. The van der Waals surface area contributed by atoms with E-state index in [1.807, 2.05) is 0 Å². The van der Waals surface area contributed by atoms with Crippen molar-refractivity contribution < 1.29 is 23.1 Å². The van der Waals surface area contributed by atoms with Gasteiger partial charge in [-0.2, -0.15) is 0 Å². The molecule has 0 aliphatic carbocycles. The fourth-order valence-electron chi connectivity index (χ4n) is 3.67. The SMILES string of the molecule is CCOP(=O)(OCC)N(c1ccc(OC)cc1)C(CC(=O)c1ccc(Cl)cc1)c1ccc(Cl)cc1. The van der Waals surface area contributed by atoms with Crippen LogP contribution in [0.5, 0.6) is 5.75 Å². The second-order valence-electron chi connectivity index (χ2n) is 7.55. The van der Waals surface area contributed by atoms with Gasteiger partial charge in [0.25, 0.3) is 0 Å². The van der Waals surface area contributed by atoms with Crippen molar-refractivity contribution in [1.82, 2.24) is 0 Å². The van der Waals surface area contributed by atoms with Crippen LogP contribution in [0.15, 0.2) is 72.8 Å². The predicted octanol–water partition coefficient (Wildman–Crippen LogP) is 8.00. The van der Waals surface area contributed by atoms with Crippen molar-refractivity contribution in [3.8, 4) is 5.75 Å². The normalized spacial score (nSPS) is 12.3. The summed E-state index contributed by atoms with van der Waals surface area (Å²) in [7, 11) is -2.31. The fourth-order valence-corrected chi connectivity index (χ4v) is 5.88. The summed E-state index contributed by atoms with van der Waals surface area (Å²) in [4.78, 5) is 13.4. The third-order valence-corrected chi connectivity index (χ3v) is 7.99. The molecule has 0 aliphatic rings. The maximum Gasteiger partial charge on any atom is 0.435 e. The van der Waals surface area contributed by atoms with E-state index in [9.17, 15) is 9.36 Å². The second-order valence-corrected chi connectivity index (χ2v) is 10.3. The van der Waals surface area contributed by atoms with Crippen molar-refractivity contribution in [1.29, 1.82) is 0 Å². The summed E-state index contributed by atoms with van der Waals surface area (Å²) in [5.41, 5.74) is 1.78. The highest BCUT2D eigenvalue weighted by atomic mass is 35.5. The van der Waals surface area contributed by atoms with Gasteiger partial charge in [-0.1, -0.05) is 35.3 Å². The first kappa shape index (κ1) is 27.3. The average molecular weight is 536 g/mol.